The van der Waals surface area contributed by atoms with Crippen molar-refractivity contribution in [3.63, 3.8) is 0 Å². The number of hydrogen-bond acceptors (Lipinski definition) is 3. The molecule has 1 heterocycles. The van der Waals surface area contributed by atoms with Crippen molar-refractivity contribution >= 4 is 6.09 Å². The Bertz CT molecular complexity index is 173. The second-order valence-corrected chi connectivity index (χ2v) is 3.42. The van der Waals surface area contributed by atoms with Gasteiger partial charge in [-0.2, -0.15) is 0 Å². The fourth-order valence-electron chi connectivity index (χ4n) is 1.56. The van der Waals surface area contributed by atoms with Crippen LogP contribution in [0.4, 0.5) is 4.79 Å². The molecule has 1 rings (SSSR count). The summed E-state index contributed by atoms with van der Waals surface area (Å²) in [5, 5.41) is 2.78. The Labute approximate surface area is 79.2 Å². The molecule has 76 valence electrons. The van der Waals surface area contributed by atoms with E-state index < -0.39 is 0 Å². The maximum absolute atomic E-state index is 11.3. The molecule has 13 heavy (non-hydrogen) atoms. The van der Waals surface area contributed by atoms with Gasteiger partial charge in [0, 0.05) is 13.1 Å². The molecule has 1 aliphatic heterocycles. The highest BCUT2D eigenvalue weighted by molar-refractivity contribution is 5.67. The Hall–Kier alpha value is -0.770. The molecule has 0 saturated carbocycles. The van der Waals surface area contributed by atoms with Crippen LogP contribution in [-0.4, -0.2) is 37.9 Å². The molecule has 1 unspecified atom stereocenters. The van der Waals surface area contributed by atoms with E-state index in [0.29, 0.717) is 12.6 Å². The van der Waals surface area contributed by atoms with E-state index in [2.05, 4.69) is 12.2 Å². The van der Waals surface area contributed by atoms with Crippen LogP contribution in [-0.2, 0) is 4.74 Å². The Kier molecular flexibility index (Phi) is 4.02. The predicted molar refractivity (Wildman–Crippen MR) is 50.4 cm³/mol. The number of rotatable bonds is 3. The third kappa shape index (κ3) is 2.88. The molecule has 1 atom stereocenters. The molecule has 0 bridgehead atoms. The topological polar surface area (TPSA) is 41.6 Å². The zero-order valence-corrected chi connectivity index (χ0v) is 8.38. The number of hydrogen-bond donors (Lipinski definition) is 1. The monoisotopic (exact) mass is 186 g/mol. The van der Waals surface area contributed by atoms with Crippen molar-refractivity contribution in [2.45, 2.75) is 19.8 Å². The molecule has 0 aromatic carbocycles. The van der Waals surface area contributed by atoms with Crippen LogP contribution in [0.3, 0.4) is 0 Å². The van der Waals surface area contributed by atoms with Gasteiger partial charge in [-0.05, 0) is 19.4 Å². The number of nitrogens with one attached hydrogen (secondary N) is 1. The van der Waals surface area contributed by atoms with E-state index >= 15 is 0 Å². The number of carbonyl (C=O) groups is 1. The van der Waals surface area contributed by atoms with Crippen LogP contribution in [0.1, 0.15) is 19.8 Å². The maximum Gasteiger partial charge on any atom is 0.411 e. The van der Waals surface area contributed by atoms with Gasteiger partial charge >= 0.3 is 6.09 Å². The zero-order valence-electron chi connectivity index (χ0n) is 8.38. The summed E-state index contributed by atoms with van der Waals surface area (Å²) in [4.78, 5) is 13.1. The fraction of sp³-hybridized carbons (Fsp3) is 0.889. The standard InChI is InChI=1S/C9H18N2O2/c1-3-8-4-5-11(6-8)9(12)13-7-10-2/h8,10H,3-7H2,1-2H3. The molecule has 0 aromatic heterocycles. The molecule has 1 amide bonds. The molecule has 1 fully saturated rings. The van der Waals surface area contributed by atoms with Crippen molar-refractivity contribution in [3.8, 4) is 0 Å². The number of likely N-dealkylation sites (tertiary alicyclic amines) is 1. The first kappa shape index (κ1) is 10.3. The van der Waals surface area contributed by atoms with E-state index in [-0.39, 0.29) is 6.09 Å². The summed E-state index contributed by atoms with van der Waals surface area (Å²) in [7, 11) is 1.76. The predicted octanol–water partition coefficient (Wildman–Crippen LogP) is 1.03. The highest BCUT2D eigenvalue weighted by Crippen LogP contribution is 2.19. The Morgan fingerprint density at radius 3 is 3.00 bits per heavy atom. The Morgan fingerprint density at radius 2 is 2.46 bits per heavy atom. The van der Waals surface area contributed by atoms with Crippen LogP contribution in [0.5, 0.6) is 0 Å². The summed E-state index contributed by atoms with van der Waals surface area (Å²) in [6, 6.07) is 0. The van der Waals surface area contributed by atoms with E-state index in [1.165, 1.54) is 0 Å². The van der Waals surface area contributed by atoms with E-state index in [1.807, 2.05) is 0 Å². The van der Waals surface area contributed by atoms with Gasteiger partial charge in [-0.25, -0.2) is 4.79 Å². The number of carbonyl (C=O) groups excluding carboxylic acids is 1. The quantitative estimate of drug-likeness (QED) is 0.669. The summed E-state index contributed by atoms with van der Waals surface area (Å²) in [5.74, 6) is 0.669. The largest absolute Gasteiger partial charge is 0.433 e. The van der Waals surface area contributed by atoms with Crippen LogP contribution in [0.2, 0.25) is 0 Å². The van der Waals surface area contributed by atoms with Crippen LogP contribution >= 0.6 is 0 Å². The normalized spacial score (nSPS) is 22.0. The van der Waals surface area contributed by atoms with Gasteiger partial charge < -0.3 is 9.64 Å². The molecule has 4 nitrogen and oxygen atoms in total. The fourth-order valence-corrected chi connectivity index (χ4v) is 1.56. The summed E-state index contributed by atoms with van der Waals surface area (Å²) < 4.78 is 4.94. The van der Waals surface area contributed by atoms with Gasteiger partial charge in [0.2, 0.25) is 0 Å². The maximum atomic E-state index is 11.3. The van der Waals surface area contributed by atoms with Crippen molar-refractivity contribution in [1.29, 1.82) is 0 Å². The average Bonchev–Trinajstić information content (AvgIpc) is 2.62. The first-order valence-electron chi connectivity index (χ1n) is 4.84. The lowest BCUT2D eigenvalue weighted by Gasteiger charge is -2.15. The van der Waals surface area contributed by atoms with E-state index in [0.717, 1.165) is 25.9 Å². The lowest BCUT2D eigenvalue weighted by molar-refractivity contribution is 0.104. The third-order valence-corrected chi connectivity index (χ3v) is 2.46. The second kappa shape index (κ2) is 5.07. The lowest BCUT2D eigenvalue weighted by Crippen LogP contribution is -2.31. The van der Waals surface area contributed by atoms with Crippen LogP contribution in [0.25, 0.3) is 0 Å². The SMILES string of the molecule is CCC1CCN(C(=O)OCNC)C1. The van der Waals surface area contributed by atoms with Crippen molar-refractivity contribution in [2.24, 2.45) is 5.92 Å². The minimum absolute atomic E-state index is 0.190. The second-order valence-electron chi connectivity index (χ2n) is 3.42. The van der Waals surface area contributed by atoms with E-state index in [4.69, 9.17) is 4.74 Å². The Morgan fingerprint density at radius 1 is 1.69 bits per heavy atom. The molecule has 1 aliphatic rings. The minimum atomic E-state index is -0.190. The van der Waals surface area contributed by atoms with Crippen molar-refractivity contribution < 1.29 is 9.53 Å². The summed E-state index contributed by atoms with van der Waals surface area (Å²) >= 11 is 0. The molecule has 0 radical (unpaired) electrons. The van der Waals surface area contributed by atoms with Gasteiger partial charge in [0.15, 0.2) is 0 Å². The molecule has 0 aliphatic carbocycles. The van der Waals surface area contributed by atoms with Gasteiger partial charge in [-0.3, -0.25) is 5.32 Å². The van der Waals surface area contributed by atoms with E-state index in [1.54, 1.807) is 11.9 Å². The smallest absolute Gasteiger partial charge is 0.411 e. The zero-order chi connectivity index (χ0) is 9.68. The summed E-state index contributed by atoms with van der Waals surface area (Å²) in [5.41, 5.74) is 0. The number of ether oxygens (including phenoxy) is 1. The van der Waals surface area contributed by atoms with Crippen molar-refractivity contribution in [2.75, 3.05) is 26.9 Å². The first-order chi connectivity index (χ1) is 6.27. The molecule has 0 spiro atoms. The number of amides is 1. The molecular weight excluding hydrogens is 168 g/mol. The van der Waals surface area contributed by atoms with Gasteiger partial charge in [-0.1, -0.05) is 13.3 Å². The van der Waals surface area contributed by atoms with Gasteiger partial charge in [-0.15, -0.1) is 0 Å². The molecule has 4 heteroatoms. The number of nitrogens with zero attached hydrogens (tertiary/aromatic N) is 1. The summed E-state index contributed by atoms with van der Waals surface area (Å²) in [6.45, 7) is 4.17. The van der Waals surface area contributed by atoms with Gasteiger partial charge in [0.25, 0.3) is 0 Å². The van der Waals surface area contributed by atoms with Gasteiger partial charge in [0.05, 0.1) is 0 Å². The molecule has 0 aromatic rings. The summed E-state index contributed by atoms with van der Waals surface area (Å²) in [6.07, 6.45) is 2.08. The van der Waals surface area contributed by atoms with Crippen molar-refractivity contribution in [1.82, 2.24) is 10.2 Å². The van der Waals surface area contributed by atoms with Crippen molar-refractivity contribution in [3.05, 3.63) is 0 Å². The minimum Gasteiger partial charge on any atom is -0.433 e. The first-order valence-corrected chi connectivity index (χ1v) is 4.84. The third-order valence-electron chi connectivity index (χ3n) is 2.46. The van der Waals surface area contributed by atoms with Crippen LogP contribution in [0.15, 0.2) is 0 Å². The molecule has 1 saturated heterocycles. The highest BCUT2D eigenvalue weighted by Gasteiger charge is 2.25. The molecule has 1 N–H and O–H groups in total. The highest BCUT2D eigenvalue weighted by atomic mass is 16.6. The lowest BCUT2D eigenvalue weighted by atomic mass is 10.1. The molecular formula is C9H18N2O2. The van der Waals surface area contributed by atoms with Crippen LogP contribution in [0, 0.1) is 5.92 Å². The van der Waals surface area contributed by atoms with E-state index in [9.17, 15) is 4.79 Å². The average molecular weight is 186 g/mol. The Balaban J connectivity index is 2.25. The van der Waals surface area contributed by atoms with Gasteiger partial charge in [0.1, 0.15) is 6.73 Å². The van der Waals surface area contributed by atoms with Crippen LogP contribution < -0.4 is 5.32 Å².